The number of hydrogen-bond donors (Lipinski definition) is 1. The first-order chi connectivity index (χ1) is 8.18. The molecule has 0 atom stereocenters. The summed E-state index contributed by atoms with van der Waals surface area (Å²) in [6.07, 6.45) is 5.13. The molecule has 0 spiro atoms. The molecule has 0 saturated heterocycles. The van der Waals surface area contributed by atoms with Crippen LogP contribution in [0.3, 0.4) is 0 Å². The van der Waals surface area contributed by atoms with Gasteiger partial charge < -0.3 is 5.32 Å². The minimum atomic E-state index is -0.546. The number of ketones is 1. The minimum Gasteiger partial charge on any atom is -0.388 e. The summed E-state index contributed by atoms with van der Waals surface area (Å²) in [6, 6.07) is 6.41. The van der Waals surface area contributed by atoms with Gasteiger partial charge in [0, 0.05) is 24.4 Å². The standard InChI is InChI=1S/C12H12N2O3/c15-12(7-8-13-9-5-6-9)10-3-1-2-4-11(10)14(16)17/h1-4,7-9,13H,5-6H2. The third kappa shape index (κ3) is 2.90. The molecule has 1 aliphatic carbocycles. The van der Waals surface area contributed by atoms with E-state index in [0.717, 1.165) is 12.8 Å². The summed E-state index contributed by atoms with van der Waals surface area (Å²) in [5.74, 6) is -0.356. The van der Waals surface area contributed by atoms with Crippen molar-refractivity contribution in [1.82, 2.24) is 5.32 Å². The summed E-state index contributed by atoms with van der Waals surface area (Å²) >= 11 is 0. The Bertz CT molecular complexity index is 478. The van der Waals surface area contributed by atoms with Crippen LogP contribution in [0.5, 0.6) is 0 Å². The lowest BCUT2D eigenvalue weighted by Crippen LogP contribution is -2.08. The predicted molar refractivity (Wildman–Crippen MR) is 62.7 cm³/mol. The molecule has 1 aliphatic rings. The van der Waals surface area contributed by atoms with Crippen LogP contribution in [0.4, 0.5) is 5.69 Å². The summed E-state index contributed by atoms with van der Waals surface area (Å²) in [4.78, 5) is 21.9. The van der Waals surface area contributed by atoms with E-state index in [0.29, 0.717) is 6.04 Å². The topological polar surface area (TPSA) is 72.2 Å². The van der Waals surface area contributed by atoms with Gasteiger partial charge in [-0.3, -0.25) is 14.9 Å². The average Bonchev–Trinajstić information content (AvgIpc) is 3.13. The molecule has 1 aromatic rings. The van der Waals surface area contributed by atoms with Crippen LogP contribution >= 0.6 is 0 Å². The lowest BCUT2D eigenvalue weighted by atomic mass is 10.1. The Hall–Kier alpha value is -2.17. The van der Waals surface area contributed by atoms with Crippen molar-refractivity contribution in [3.8, 4) is 0 Å². The van der Waals surface area contributed by atoms with Crippen molar-refractivity contribution >= 4 is 11.5 Å². The zero-order valence-electron chi connectivity index (χ0n) is 9.13. The summed E-state index contributed by atoms with van der Waals surface area (Å²) in [6.45, 7) is 0. The Morgan fingerprint density at radius 1 is 1.41 bits per heavy atom. The van der Waals surface area contributed by atoms with Crippen molar-refractivity contribution in [3.05, 3.63) is 52.2 Å². The Kier molecular flexibility index (Phi) is 3.18. The van der Waals surface area contributed by atoms with Gasteiger partial charge in [0.1, 0.15) is 0 Å². The SMILES string of the molecule is O=C(C=CNC1CC1)c1ccccc1[N+](=O)[O-]. The third-order valence-electron chi connectivity index (χ3n) is 2.51. The van der Waals surface area contributed by atoms with Gasteiger partial charge in [-0.25, -0.2) is 0 Å². The van der Waals surface area contributed by atoms with Gasteiger partial charge in [-0.1, -0.05) is 12.1 Å². The molecule has 0 heterocycles. The molecule has 17 heavy (non-hydrogen) atoms. The second kappa shape index (κ2) is 4.78. The molecule has 0 aromatic heterocycles. The molecule has 1 saturated carbocycles. The van der Waals surface area contributed by atoms with Crippen LogP contribution in [0.15, 0.2) is 36.5 Å². The van der Waals surface area contributed by atoms with Crippen LogP contribution in [-0.4, -0.2) is 16.7 Å². The molecule has 5 heteroatoms. The first kappa shape index (κ1) is 11.3. The lowest BCUT2D eigenvalue weighted by molar-refractivity contribution is -0.385. The number of nitro groups is 1. The molecule has 2 rings (SSSR count). The van der Waals surface area contributed by atoms with E-state index >= 15 is 0 Å². The summed E-state index contributed by atoms with van der Waals surface area (Å²) in [5, 5.41) is 13.8. The van der Waals surface area contributed by atoms with Gasteiger partial charge in [0.25, 0.3) is 5.69 Å². The summed E-state index contributed by atoms with van der Waals surface area (Å²) in [5.41, 5.74) is -0.0417. The van der Waals surface area contributed by atoms with Crippen molar-refractivity contribution < 1.29 is 9.72 Å². The van der Waals surface area contributed by atoms with Crippen molar-refractivity contribution in [2.75, 3.05) is 0 Å². The van der Waals surface area contributed by atoms with E-state index in [4.69, 9.17) is 0 Å². The zero-order valence-corrected chi connectivity index (χ0v) is 9.13. The molecule has 0 aliphatic heterocycles. The monoisotopic (exact) mass is 232 g/mol. The van der Waals surface area contributed by atoms with E-state index in [1.54, 1.807) is 18.3 Å². The smallest absolute Gasteiger partial charge is 0.280 e. The molecule has 5 nitrogen and oxygen atoms in total. The van der Waals surface area contributed by atoms with E-state index in [2.05, 4.69) is 5.32 Å². The number of rotatable bonds is 5. The number of para-hydroxylation sites is 1. The maximum atomic E-state index is 11.7. The first-order valence-electron chi connectivity index (χ1n) is 5.39. The highest BCUT2D eigenvalue weighted by atomic mass is 16.6. The molecule has 0 unspecified atom stereocenters. The molecular weight excluding hydrogens is 220 g/mol. The van der Waals surface area contributed by atoms with Gasteiger partial charge in [-0.05, 0) is 18.9 Å². The molecule has 0 bridgehead atoms. The lowest BCUT2D eigenvalue weighted by Gasteiger charge is -1.98. The van der Waals surface area contributed by atoms with Gasteiger partial charge in [0.15, 0.2) is 5.78 Å². The second-order valence-corrected chi connectivity index (χ2v) is 3.91. The van der Waals surface area contributed by atoms with Crippen LogP contribution in [0.1, 0.15) is 23.2 Å². The van der Waals surface area contributed by atoms with Gasteiger partial charge >= 0.3 is 0 Å². The van der Waals surface area contributed by atoms with Crippen LogP contribution in [0, 0.1) is 10.1 Å². The van der Waals surface area contributed by atoms with Gasteiger partial charge in [0.05, 0.1) is 10.5 Å². The third-order valence-corrected chi connectivity index (χ3v) is 2.51. The predicted octanol–water partition coefficient (Wildman–Crippen LogP) is 2.04. The number of carbonyl (C=O) groups excluding carboxylic acids is 1. The van der Waals surface area contributed by atoms with E-state index in [1.165, 1.54) is 18.2 Å². The molecule has 1 aromatic carbocycles. The Labute approximate surface area is 98.3 Å². The van der Waals surface area contributed by atoms with Crippen LogP contribution in [-0.2, 0) is 0 Å². The molecular formula is C12H12N2O3. The number of nitro benzene ring substituents is 1. The molecule has 0 radical (unpaired) electrons. The number of nitrogens with zero attached hydrogens (tertiary/aromatic N) is 1. The van der Waals surface area contributed by atoms with Crippen molar-refractivity contribution in [1.29, 1.82) is 0 Å². The first-order valence-corrected chi connectivity index (χ1v) is 5.39. The van der Waals surface area contributed by atoms with Gasteiger partial charge in [-0.2, -0.15) is 0 Å². The van der Waals surface area contributed by atoms with Gasteiger partial charge in [-0.15, -0.1) is 0 Å². The quantitative estimate of drug-likeness (QED) is 0.365. The maximum absolute atomic E-state index is 11.7. The van der Waals surface area contributed by atoms with Crippen molar-refractivity contribution in [2.24, 2.45) is 0 Å². The van der Waals surface area contributed by atoms with E-state index in [1.807, 2.05) is 0 Å². The Balaban J connectivity index is 2.11. The molecule has 0 amide bonds. The summed E-state index contributed by atoms with van der Waals surface area (Å²) < 4.78 is 0. The number of allylic oxidation sites excluding steroid dienone is 1. The fourth-order valence-electron chi connectivity index (χ4n) is 1.44. The number of carbonyl (C=O) groups is 1. The normalized spacial score (nSPS) is 14.8. The fraction of sp³-hybridized carbons (Fsp3) is 0.250. The number of hydrogen-bond acceptors (Lipinski definition) is 4. The van der Waals surface area contributed by atoms with E-state index < -0.39 is 4.92 Å². The minimum absolute atomic E-state index is 0.117. The molecule has 88 valence electrons. The molecule has 1 N–H and O–H groups in total. The summed E-state index contributed by atoms with van der Waals surface area (Å²) in [7, 11) is 0. The van der Waals surface area contributed by atoms with Crippen LogP contribution in [0.25, 0.3) is 0 Å². The average molecular weight is 232 g/mol. The van der Waals surface area contributed by atoms with E-state index in [-0.39, 0.29) is 17.0 Å². The highest BCUT2D eigenvalue weighted by molar-refractivity contribution is 6.07. The van der Waals surface area contributed by atoms with E-state index in [9.17, 15) is 14.9 Å². The Morgan fingerprint density at radius 3 is 2.76 bits per heavy atom. The number of benzene rings is 1. The largest absolute Gasteiger partial charge is 0.388 e. The number of nitrogens with one attached hydrogen (secondary N) is 1. The second-order valence-electron chi connectivity index (χ2n) is 3.91. The van der Waals surface area contributed by atoms with Crippen molar-refractivity contribution in [2.45, 2.75) is 18.9 Å². The molecule has 1 fully saturated rings. The highest BCUT2D eigenvalue weighted by Crippen LogP contribution is 2.20. The van der Waals surface area contributed by atoms with Crippen LogP contribution in [0.2, 0.25) is 0 Å². The van der Waals surface area contributed by atoms with Crippen molar-refractivity contribution in [3.63, 3.8) is 0 Å². The van der Waals surface area contributed by atoms with Crippen LogP contribution < -0.4 is 5.32 Å². The fourth-order valence-corrected chi connectivity index (χ4v) is 1.44. The maximum Gasteiger partial charge on any atom is 0.280 e. The Morgan fingerprint density at radius 2 is 2.12 bits per heavy atom. The van der Waals surface area contributed by atoms with Gasteiger partial charge in [0.2, 0.25) is 0 Å². The highest BCUT2D eigenvalue weighted by Gasteiger charge is 2.20. The zero-order chi connectivity index (χ0) is 12.3.